The highest BCUT2D eigenvalue weighted by Crippen LogP contribution is 2.30. The highest BCUT2D eigenvalue weighted by atomic mass is 18.2. The predicted molar refractivity (Wildman–Crippen MR) is 53.5 cm³/mol. The minimum atomic E-state index is -0.232. The van der Waals surface area contributed by atoms with Crippen LogP contribution >= 0.6 is 0 Å². The van der Waals surface area contributed by atoms with E-state index < -0.39 is 0 Å². The molecule has 78 valence electrons. The van der Waals surface area contributed by atoms with Gasteiger partial charge < -0.3 is 9.47 Å². The molecule has 0 aromatic heterocycles. The lowest BCUT2D eigenvalue weighted by atomic mass is 10.1. The molecule has 0 aliphatic carbocycles. The van der Waals surface area contributed by atoms with Crippen LogP contribution in [0.3, 0.4) is 0 Å². The average molecular weight is 197 g/mol. The summed E-state index contributed by atoms with van der Waals surface area (Å²) in [6.07, 6.45) is 1.62. The summed E-state index contributed by atoms with van der Waals surface area (Å²) in [5.41, 5.74) is 0.671. The fourth-order valence-electron chi connectivity index (χ4n) is 1.36. The highest BCUT2D eigenvalue weighted by molar-refractivity contribution is 5.43. The van der Waals surface area contributed by atoms with Gasteiger partial charge in [0, 0.05) is 6.07 Å². The Kier molecular flexibility index (Phi) is 3.74. The summed E-state index contributed by atoms with van der Waals surface area (Å²) in [7, 11) is 3.04. The molecular weight excluding hydrogens is 182 g/mol. The van der Waals surface area contributed by atoms with Crippen molar-refractivity contribution in [3.8, 4) is 11.5 Å². The summed E-state index contributed by atoms with van der Waals surface area (Å²) < 4.78 is 23.5. The summed E-state index contributed by atoms with van der Waals surface area (Å²) in [6, 6.07) is 3.06. The van der Waals surface area contributed by atoms with Crippen LogP contribution in [0, 0.1) is 5.82 Å². The van der Waals surface area contributed by atoms with Gasteiger partial charge in [0.25, 0.3) is 0 Å². The molecule has 1 aromatic rings. The van der Waals surface area contributed by atoms with Crippen molar-refractivity contribution in [3.63, 3.8) is 0 Å². The van der Waals surface area contributed by atoms with Crippen LogP contribution in [0.2, 0.25) is 0 Å². The Labute approximate surface area is 83.6 Å². The van der Waals surface area contributed by atoms with Crippen molar-refractivity contribution < 1.29 is 13.9 Å². The summed E-state index contributed by atoms with van der Waals surface area (Å²) in [5, 5.41) is 0. The Balaban J connectivity index is 3.09. The fraction of sp³-hybridized carbons (Fsp3) is 0.455. The third-order valence-corrected chi connectivity index (χ3v) is 2.07. The molecule has 1 rings (SSSR count). The van der Waals surface area contributed by atoms with Gasteiger partial charge in [-0.2, -0.15) is 0 Å². The average Bonchev–Trinajstić information content (AvgIpc) is 2.20. The number of benzene rings is 1. The van der Waals surface area contributed by atoms with Crippen LogP contribution in [0.15, 0.2) is 12.1 Å². The zero-order chi connectivity index (χ0) is 10.6. The van der Waals surface area contributed by atoms with Gasteiger partial charge in [-0.1, -0.05) is 13.3 Å². The van der Waals surface area contributed by atoms with E-state index in [-0.39, 0.29) is 5.82 Å². The third-order valence-electron chi connectivity index (χ3n) is 2.07. The van der Waals surface area contributed by atoms with Crippen LogP contribution < -0.4 is 9.47 Å². The molecular formula is C11H15FO2. The van der Waals surface area contributed by atoms with Crippen LogP contribution in [0.5, 0.6) is 11.5 Å². The first kappa shape index (κ1) is 10.8. The lowest BCUT2D eigenvalue weighted by Gasteiger charge is -2.10. The van der Waals surface area contributed by atoms with Gasteiger partial charge in [-0.05, 0) is 18.1 Å². The van der Waals surface area contributed by atoms with Gasteiger partial charge >= 0.3 is 0 Å². The van der Waals surface area contributed by atoms with E-state index in [1.165, 1.54) is 13.2 Å². The number of hydrogen-bond donors (Lipinski definition) is 0. The normalized spacial score (nSPS) is 10.0. The molecule has 0 amide bonds. The van der Waals surface area contributed by atoms with Crippen LogP contribution in [-0.2, 0) is 6.42 Å². The largest absolute Gasteiger partial charge is 0.493 e. The summed E-state index contributed by atoms with van der Waals surface area (Å²) in [6.45, 7) is 2.01. The van der Waals surface area contributed by atoms with Crippen molar-refractivity contribution in [2.45, 2.75) is 19.8 Å². The van der Waals surface area contributed by atoms with Crippen molar-refractivity contribution in [2.24, 2.45) is 0 Å². The Bertz CT molecular complexity index is 310. The minimum absolute atomic E-state index is 0.232. The molecule has 14 heavy (non-hydrogen) atoms. The van der Waals surface area contributed by atoms with E-state index in [0.29, 0.717) is 23.5 Å². The second-order valence-electron chi connectivity index (χ2n) is 3.05. The van der Waals surface area contributed by atoms with Crippen molar-refractivity contribution >= 4 is 0 Å². The second-order valence-corrected chi connectivity index (χ2v) is 3.05. The summed E-state index contributed by atoms with van der Waals surface area (Å²) in [4.78, 5) is 0. The smallest absolute Gasteiger partial charge is 0.163 e. The van der Waals surface area contributed by atoms with Crippen molar-refractivity contribution in [1.82, 2.24) is 0 Å². The minimum Gasteiger partial charge on any atom is -0.493 e. The molecule has 0 unspecified atom stereocenters. The predicted octanol–water partition coefficient (Wildman–Crippen LogP) is 2.80. The molecule has 0 bridgehead atoms. The fourth-order valence-corrected chi connectivity index (χ4v) is 1.36. The number of methoxy groups -OCH3 is 2. The van der Waals surface area contributed by atoms with E-state index in [1.54, 1.807) is 13.2 Å². The van der Waals surface area contributed by atoms with Crippen LogP contribution in [0.1, 0.15) is 18.9 Å². The topological polar surface area (TPSA) is 18.5 Å². The number of hydrogen-bond acceptors (Lipinski definition) is 2. The monoisotopic (exact) mass is 197 g/mol. The van der Waals surface area contributed by atoms with Gasteiger partial charge in [0.1, 0.15) is 5.82 Å². The molecule has 0 aliphatic heterocycles. The number of aryl methyl sites for hydroxylation is 1. The van der Waals surface area contributed by atoms with Gasteiger partial charge in [-0.15, -0.1) is 0 Å². The van der Waals surface area contributed by atoms with Gasteiger partial charge in [0.2, 0.25) is 0 Å². The first-order valence-corrected chi connectivity index (χ1v) is 4.63. The van der Waals surface area contributed by atoms with E-state index in [9.17, 15) is 4.39 Å². The van der Waals surface area contributed by atoms with Gasteiger partial charge in [0.05, 0.1) is 14.2 Å². The van der Waals surface area contributed by atoms with Crippen molar-refractivity contribution in [3.05, 3.63) is 23.5 Å². The van der Waals surface area contributed by atoms with Crippen molar-refractivity contribution in [1.29, 1.82) is 0 Å². The van der Waals surface area contributed by atoms with Crippen LogP contribution in [0.4, 0.5) is 4.39 Å². The first-order valence-electron chi connectivity index (χ1n) is 4.63. The first-order chi connectivity index (χ1) is 6.72. The number of rotatable bonds is 4. The Morgan fingerprint density at radius 1 is 1.14 bits per heavy atom. The molecule has 0 saturated heterocycles. The molecule has 2 nitrogen and oxygen atoms in total. The standard InChI is InChI=1S/C11H15FO2/c1-4-5-8-6-10(13-2)11(14-3)7-9(8)12/h6-7H,4-5H2,1-3H3/i12-1. The number of ether oxygens (including phenoxy) is 2. The molecule has 0 spiro atoms. The third kappa shape index (κ3) is 2.16. The molecule has 0 saturated carbocycles. The maximum absolute atomic E-state index is 13.4. The van der Waals surface area contributed by atoms with E-state index in [4.69, 9.17) is 9.47 Å². The zero-order valence-corrected chi connectivity index (χ0v) is 8.76. The summed E-state index contributed by atoms with van der Waals surface area (Å²) >= 11 is 0. The maximum Gasteiger partial charge on any atom is 0.163 e. The summed E-state index contributed by atoms with van der Waals surface area (Å²) in [5.74, 6) is 0.784. The van der Waals surface area contributed by atoms with Gasteiger partial charge in [-0.3, -0.25) is 0 Å². The molecule has 0 aliphatic rings. The van der Waals surface area contributed by atoms with Gasteiger partial charge in [-0.25, -0.2) is 4.39 Å². The SMILES string of the molecule is CCCc1cc(OC)c(OC)cc1[18F]. The molecule has 1 aromatic carbocycles. The van der Waals surface area contributed by atoms with E-state index in [2.05, 4.69) is 0 Å². The molecule has 0 radical (unpaired) electrons. The van der Waals surface area contributed by atoms with Crippen molar-refractivity contribution in [2.75, 3.05) is 14.2 Å². The second kappa shape index (κ2) is 4.84. The quantitative estimate of drug-likeness (QED) is 0.739. The van der Waals surface area contributed by atoms with Gasteiger partial charge in [0.15, 0.2) is 11.5 Å². The lowest BCUT2D eigenvalue weighted by Crippen LogP contribution is -1.96. The van der Waals surface area contributed by atoms with E-state index in [1.807, 2.05) is 6.92 Å². The maximum atomic E-state index is 13.4. The van der Waals surface area contributed by atoms with E-state index in [0.717, 1.165) is 6.42 Å². The Morgan fingerprint density at radius 3 is 2.21 bits per heavy atom. The molecule has 0 heterocycles. The molecule has 0 fully saturated rings. The molecule has 0 atom stereocenters. The Hall–Kier alpha value is -1.25. The number of halogens is 1. The molecule has 0 N–H and O–H groups in total. The lowest BCUT2D eigenvalue weighted by molar-refractivity contribution is 0.351. The van der Waals surface area contributed by atoms with Crippen LogP contribution in [-0.4, -0.2) is 14.2 Å². The Morgan fingerprint density at radius 2 is 1.71 bits per heavy atom. The van der Waals surface area contributed by atoms with Crippen LogP contribution in [0.25, 0.3) is 0 Å². The zero-order valence-electron chi connectivity index (χ0n) is 8.76. The van der Waals surface area contributed by atoms with E-state index >= 15 is 0 Å². The highest BCUT2D eigenvalue weighted by Gasteiger charge is 2.09. The molecule has 3 heteroatoms.